The second kappa shape index (κ2) is 9.65. The molecule has 0 saturated heterocycles. The fourth-order valence-corrected chi connectivity index (χ4v) is 2.70. The zero-order valence-electron chi connectivity index (χ0n) is 15.2. The minimum atomic E-state index is -0.207. The van der Waals surface area contributed by atoms with Crippen LogP contribution in [0.4, 0.5) is 5.69 Å². The molecule has 0 heterocycles. The Morgan fingerprint density at radius 1 is 1.13 bits per heavy atom. The lowest BCUT2D eigenvalue weighted by Gasteiger charge is -2.37. The summed E-state index contributed by atoms with van der Waals surface area (Å²) in [6, 6.07) is 8.17. The predicted octanol–water partition coefficient (Wildman–Crippen LogP) is 2.36. The first kappa shape index (κ1) is 19.6. The van der Waals surface area contributed by atoms with Crippen molar-refractivity contribution in [2.45, 2.75) is 32.0 Å². The number of anilines is 1. The molecular weight excluding hydrogens is 292 g/mol. The van der Waals surface area contributed by atoms with E-state index in [1.807, 2.05) is 27.9 Å². The molecule has 0 aromatic heterocycles. The Labute approximate surface area is 140 Å². The van der Waals surface area contributed by atoms with Crippen molar-refractivity contribution >= 4 is 12.0 Å². The summed E-state index contributed by atoms with van der Waals surface area (Å²) in [6.45, 7) is 5.18. The third-order valence-corrected chi connectivity index (χ3v) is 4.20. The van der Waals surface area contributed by atoms with Crippen molar-refractivity contribution in [1.82, 2.24) is 4.90 Å². The lowest BCUT2D eigenvalue weighted by atomic mass is 9.98. The van der Waals surface area contributed by atoms with Crippen LogP contribution >= 0.6 is 0 Å². The summed E-state index contributed by atoms with van der Waals surface area (Å²) in [5.41, 5.74) is 2.28. The first-order valence-corrected chi connectivity index (χ1v) is 7.96. The Morgan fingerprint density at radius 2 is 1.74 bits per heavy atom. The van der Waals surface area contributed by atoms with E-state index < -0.39 is 0 Å². The van der Waals surface area contributed by atoms with Gasteiger partial charge in [-0.15, -0.1) is 0 Å². The topological polar surface area (TPSA) is 42.0 Å². The van der Waals surface area contributed by atoms with E-state index in [0.717, 1.165) is 17.5 Å². The van der Waals surface area contributed by atoms with Gasteiger partial charge in [0.2, 0.25) is 0 Å². The first-order valence-electron chi connectivity index (χ1n) is 7.96. The van der Waals surface area contributed by atoms with Gasteiger partial charge >= 0.3 is 0 Å². The molecular formula is C18H30N2O3. The van der Waals surface area contributed by atoms with Crippen LogP contribution in [0, 0.1) is 0 Å². The van der Waals surface area contributed by atoms with Gasteiger partial charge in [0.15, 0.2) is 0 Å². The van der Waals surface area contributed by atoms with Crippen LogP contribution in [0.3, 0.4) is 0 Å². The van der Waals surface area contributed by atoms with Crippen LogP contribution in [0.5, 0.6) is 0 Å². The van der Waals surface area contributed by atoms with Gasteiger partial charge in [-0.2, -0.15) is 0 Å². The monoisotopic (exact) mass is 322 g/mol. The largest absolute Gasteiger partial charge is 0.383 e. The smallest absolute Gasteiger partial charge is 0.136 e. The molecule has 0 aliphatic rings. The van der Waals surface area contributed by atoms with Crippen molar-refractivity contribution in [2.75, 3.05) is 46.4 Å². The van der Waals surface area contributed by atoms with Crippen LogP contribution < -0.4 is 4.90 Å². The zero-order valence-corrected chi connectivity index (χ0v) is 15.2. The van der Waals surface area contributed by atoms with Gasteiger partial charge < -0.3 is 19.2 Å². The Bertz CT molecular complexity index is 462. The molecule has 3 atom stereocenters. The molecule has 130 valence electrons. The van der Waals surface area contributed by atoms with Crippen molar-refractivity contribution in [3.8, 4) is 0 Å². The number of hydrogen-bond donors (Lipinski definition) is 0. The minimum Gasteiger partial charge on any atom is -0.383 e. The Kier molecular flexibility index (Phi) is 8.23. The van der Waals surface area contributed by atoms with Gasteiger partial charge in [0.05, 0.1) is 24.8 Å². The summed E-state index contributed by atoms with van der Waals surface area (Å²) in [7, 11) is 7.41. The number of carbonyl (C=O) groups excluding carboxylic acids is 1. The van der Waals surface area contributed by atoms with Crippen LogP contribution in [0.2, 0.25) is 0 Å². The molecule has 0 saturated carbocycles. The summed E-state index contributed by atoms with van der Waals surface area (Å²) in [6.07, 6.45) is 0.929. The van der Waals surface area contributed by atoms with Crippen molar-refractivity contribution in [1.29, 1.82) is 0 Å². The van der Waals surface area contributed by atoms with Crippen LogP contribution in [-0.4, -0.2) is 64.8 Å². The highest BCUT2D eigenvalue weighted by Crippen LogP contribution is 2.29. The number of aldehydes is 1. The van der Waals surface area contributed by atoms with Crippen molar-refractivity contribution in [2.24, 2.45) is 0 Å². The molecule has 0 aliphatic heterocycles. The lowest BCUT2D eigenvalue weighted by Crippen LogP contribution is -2.44. The molecule has 0 spiro atoms. The van der Waals surface area contributed by atoms with Crippen LogP contribution in [-0.2, 0) is 14.3 Å². The molecule has 5 heteroatoms. The molecule has 0 amide bonds. The molecule has 23 heavy (non-hydrogen) atoms. The summed E-state index contributed by atoms with van der Waals surface area (Å²) in [5, 5.41) is 0. The van der Waals surface area contributed by atoms with E-state index in [0.29, 0.717) is 13.2 Å². The second-order valence-corrected chi connectivity index (χ2v) is 5.98. The summed E-state index contributed by atoms with van der Waals surface area (Å²) >= 11 is 0. The Balaban J connectivity index is 3.16. The van der Waals surface area contributed by atoms with E-state index in [9.17, 15) is 4.79 Å². The van der Waals surface area contributed by atoms with E-state index in [-0.39, 0.29) is 18.2 Å². The highest BCUT2D eigenvalue weighted by molar-refractivity contribution is 5.57. The van der Waals surface area contributed by atoms with E-state index in [4.69, 9.17) is 9.47 Å². The van der Waals surface area contributed by atoms with Gasteiger partial charge in [0.25, 0.3) is 0 Å². The highest BCUT2D eigenvalue weighted by Gasteiger charge is 2.29. The average Bonchev–Trinajstić information content (AvgIpc) is 2.57. The molecule has 0 radical (unpaired) electrons. The molecule has 1 rings (SSSR count). The number of benzene rings is 1. The van der Waals surface area contributed by atoms with Gasteiger partial charge in [-0.05, 0) is 31.5 Å². The maximum absolute atomic E-state index is 11.4. The van der Waals surface area contributed by atoms with E-state index in [1.165, 1.54) is 0 Å². The Morgan fingerprint density at radius 3 is 2.17 bits per heavy atom. The van der Waals surface area contributed by atoms with Gasteiger partial charge in [-0.1, -0.05) is 12.1 Å². The van der Waals surface area contributed by atoms with E-state index >= 15 is 0 Å². The fourth-order valence-electron chi connectivity index (χ4n) is 2.70. The van der Waals surface area contributed by atoms with Crippen molar-refractivity contribution in [3.63, 3.8) is 0 Å². The summed E-state index contributed by atoms with van der Waals surface area (Å²) in [5.74, 6) is 0. The van der Waals surface area contributed by atoms with Gasteiger partial charge in [0, 0.05) is 40.5 Å². The van der Waals surface area contributed by atoms with Crippen molar-refractivity contribution < 1.29 is 14.3 Å². The number of methoxy groups -OCH3 is 2. The van der Waals surface area contributed by atoms with Crippen molar-refractivity contribution in [3.05, 3.63) is 29.8 Å². The maximum atomic E-state index is 11.4. The SMILES string of the molecule is COCCN(C(C)C=O)C(c1ccc(N(C)C)cc1)C(C)OC. The number of nitrogens with zero attached hydrogens (tertiary/aromatic N) is 2. The summed E-state index contributed by atoms with van der Waals surface area (Å²) in [4.78, 5) is 15.6. The van der Waals surface area contributed by atoms with Crippen LogP contribution in [0.1, 0.15) is 25.5 Å². The fraction of sp³-hybridized carbons (Fsp3) is 0.611. The van der Waals surface area contributed by atoms with E-state index in [2.05, 4.69) is 34.1 Å². The Hall–Kier alpha value is -1.43. The molecule has 0 fully saturated rings. The molecule has 0 aliphatic carbocycles. The number of carbonyl (C=O) groups is 1. The average molecular weight is 322 g/mol. The molecule has 0 bridgehead atoms. The zero-order chi connectivity index (χ0) is 17.4. The number of rotatable bonds is 10. The van der Waals surface area contributed by atoms with Gasteiger partial charge in [-0.25, -0.2) is 0 Å². The first-order chi connectivity index (χ1) is 11.0. The predicted molar refractivity (Wildman–Crippen MR) is 94.1 cm³/mol. The summed E-state index contributed by atoms with van der Waals surface area (Å²) < 4.78 is 10.8. The minimum absolute atomic E-state index is 0.00781. The van der Waals surface area contributed by atoms with Crippen LogP contribution in [0.25, 0.3) is 0 Å². The number of ether oxygens (including phenoxy) is 2. The standard InChI is InChI=1S/C18H30N2O3/c1-14(13-21)20(11-12-22-5)18(15(2)23-6)16-7-9-17(10-8-16)19(3)4/h7-10,13-15,18H,11-12H2,1-6H3. The molecule has 1 aromatic carbocycles. The van der Waals surface area contributed by atoms with E-state index in [1.54, 1.807) is 14.2 Å². The van der Waals surface area contributed by atoms with Gasteiger partial charge in [-0.3, -0.25) is 4.90 Å². The quantitative estimate of drug-likeness (QED) is 0.619. The molecule has 0 N–H and O–H groups in total. The number of hydrogen-bond acceptors (Lipinski definition) is 5. The molecule has 1 aromatic rings. The molecule has 3 unspecified atom stereocenters. The normalized spacial score (nSPS) is 15.3. The third-order valence-electron chi connectivity index (χ3n) is 4.20. The second-order valence-electron chi connectivity index (χ2n) is 5.98. The highest BCUT2D eigenvalue weighted by atomic mass is 16.5. The van der Waals surface area contributed by atoms with Gasteiger partial charge in [0.1, 0.15) is 6.29 Å². The maximum Gasteiger partial charge on any atom is 0.136 e. The molecule has 5 nitrogen and oxygen atoms in total. The van der Waals surface area contributed by atoms with Crippen LogP contribution in [0.15, 0.2) is 24.3 Å². The lowest BCUT2D eigenvalue weighted by molar-refractivity contribution is -0.114. The third kappa shape index (κ3) is 5.30.